The van der Waals surface area contributed by atoms with Crippen molar-refractivity contribution in [3.05, 3.63) is 35.9 Å². The molecule has 4 rings (SSSR count). The summed E-state index contributed by atoms with van der Waals surface area (Å²) in [7, 11) is 0. The van der Waals surface area contributed by atoms with E-state index in [0.29, 0.717) is 24.8 Å². The molecule has 1 aromatic carbocycles. The molecule has 0 aromatic heterocycles. The van der Waals surface area contributed by atoms with Crippen molar-refractivity contribution in [3.8, 4) is 0 Å². The molecule has 4 heteroatoms. The normalized spacial score (nSPS) is 38.2. The first-order valence-corrected chi connectivity index (χ1v) is 12.0. The Kier molecular flexibility index (Phi) is 7.60. The average molecular weight is 417 g/mol. The zero-order chi connectivity index (χ0) is 21.8. The summed E-state index contributed by atoms with van der Waals surface area (Å²) in [5, 5.41) is 6.16. The Bertz CT molecular complexity index is 692. The quantitative estimate of drug-likeness (QED) is 0.693. The predicted molar refractivity (Wildman–Crippen MR) is 122 cm³/mol. The van der Waals surface area contributed by atoms with Crippen LogP contribution < -0.4 is 10.6 Å². The van der Waals surface area contributed by atoms with Crippen LogP contribution in [0.1, 0.15) is 78.2 Å². The Hall–Kier alpha value is -1.42. The smallest absolute Gasteiger partial charge is 0.226 e. The fourth-order valence-electron chi connectivity index (χ4n) is 6.42. The summed E-state index contributed by atoms with van der Waals surface area (Å²) in [5.41, 5.74) is 1.05. The third-order valence-corrected chi connectivity index (χ3v) is 7.28. The number of hydrogen-bond acceptors (Lipinski definition) is 2. The van der Waals surface area contributed by atoms with Crippen LogP contribution in [0, 0.1) is 17.3 Å². The largest absolute Gasteiger partial charge is 0.350 e. The van der Waals surface area contributed by atoms with E-state index in [0.717, 1.165) is 25.8 Å². The molecule has 1 saturated heterocycles. The van der Waals surface area contributed by atoms with Gasteiger partial charge in [0.1, 0.15) is 6.17 Å². The molecular weight excluding hydrogens is 375 g/mol. The minimum absolute atomic E-state index is 0.0663. The molecule has 30 heavy (non-hydrogen) atoms. The molecular formula is C26H41FN2O. The van der Waals surface area contributed by atoms with Crippen molar-refractivity contribution in [1.29, 1.82) is 0 Å². The van der Waals surface area contributed by atoms with Crippen LogP contribution in [0.25, 0.3) is 0 Å². The molecule has 3 aliphatic rings. The fourth-order valence-corrected chi connectivity index (χ4v) is 6.42. The average Bonchev–Trinajstić information content (AvgIpc) is 2.70. The van der Waals surface area contributed by atoms with Crippen LogP contribution >= 0.6 is 0 Å². The molecule has 0 spiro atoms. The van der Waals surface area contributed by atoms with Crippen LogP contribution in [0.3, 0.4) is 0 Å². The van der Waals surface area contributed by atoms with Crippen molar-refractivity contribution < 1.29 is 9.18 Å². The molecule has 1 aliphatic heterocycles. The molecule has 2 N–H and O–H groups in total. The number of carbonyl (C=O) groups excluding carboxylic acids is 1. The highest BCUT2D eigenvalue weighted by Crippen LogP contribution is 2.58. The standard InChI is InChI=1S/C23H33FN2O.C3H8/c1-16-10-17-12-22(2,21(27)26-20-8-9-25-14-19(20)24)15-23(11-16,13-17)18-6-4-3-5-7-18;1-3-2/h3-7,16-17,19-20,25H,8-15H2,1-2H3,(H,26,27);3H2,1-2H3. The van der Waals surface area contributed by atoms with Crippen molar-refractivity contribution >= 4 is 5.91 Å². The molecule has 1 aromatic rings. The van der Waals surface area contributed by atoms with Crippen molar-refractivity contribution in [3.63, 3.8) is 0 Å². The van der Waals surface area contributed by atoms with Gasteiger partial charge in [0.2, 0.25) is 5.91 Å². The number of rotatable bonds is 3. The van der Waals surface area contributed by atoms with E-state index >= 15 is 0 Å². The van der Waals surface area contributed by atoms with Crippen molar-refractivity contribution in [1.82, 2.24) is 10.6 Å². The summed E-state index contributed by atoms with van der Waals surface area (Å²) >= 11 is 0. The second kappa shape index (κ2) is 9.80. The van der Waals surface area contributed by atoms with E-state index in [-0.39, 0.29) is 17.4 Å². The number of amides is 1. The number of benzene rings is 1. The van der Waals surface area contributed by atoms with Crippen molar-refractivity contribution in [2.24, 2.45) is 17.3 Å². The number of carbonyl (C=O) groups is 1. The molecule has 0 radical (unpaired) electrons. The Labute approximate surface area is 182 Å². The minimum Gasteiger partial charge on any atom is -0.350 e. The van der Waals surface area contributed by atoms with E-state index in [9.17, 15) is 9.18 Å². The third kappa shape index (κ3) is 5.07. The molecule has 6 unspecified atom stereocenters. The van der Waals surface area contributed by atoms with Gasteiger partial charge in [0.05, 0.1) is 6.04 Å². The van der Waals surface area contributed by atoms with Gasteiger partial charge in [0, 0.05) is 12.0 Å². The van der Waals surface area contributed by atoms with Gasteiger partial charge in [-0.25, -0.2) is 4.39 Å². The lowest BCUT2D eigenvalue weighted by atomic mass is 9.50. The van der Waals surface area contributed by atoms with Gasteiger partial charge >= 0.3 is 0 Å². The number of alkyl halides is 1. The second-order valence-corrected chi connectivity index (χ2v) is 10.5. The topological polar surface area (TPSA) is 41.1 Å². The Balaban J connectivity index is 0.000000806. The first kappa shape index (κ1) is 23.2. The highest BCUT2D eigenvalue weighted by molar-refractivity contribution is 5.83. The molecule has 6 atom stereocenters. The first-order valence-electron chi connectivity index (χ1n) is 12.0. The van der Waals surface area contributed by atoms with Gasteiger partial charge in [-0.2, -0.15) is 0 Å². The maximum absolute atomic E-state index is 14.2. The van der Waals surface area contributed by atoms with E-state index in [1.54, 1.807) is 0 Å². The lowest BCUT2D eigenvalue weighted by Gasteiger charge is -2.54. The summed E-state index contributed by atoms with van der Waals surface area (Å²) in [6.07, 6.45) is 6.28. The molecule has 3 fully saturated rings. The molecule has 2 aliphatic carbocycles. The maximum Gasteiger partial charge on any atom is 0.226 e. The highest BCUT2D eigenvalue weighted by Gasteiger charge is 2.53. The van der Waals surface area contributed by atoms with Crippen LogP contribution in [-0.4, -0.2) is 31.2 Å². The van der Waals surface area contributed by atoms with E-state index in [1.807, 2.05) is 0 Å². The van der Waals surface area contributed by atoms with Gasteiger partial charge in [-0.1, -0.05) is 64.4 Å². The predicted octanol–water partition coefficient (Wildman–Crippen LogP) is 5.39. The number of piperidine rings is 1. The zero-order valence-electron chi connectivity index (χ0n) is 19.3. The van der Waals surface area contributed by atoms with Crippen LogP contribution in [-0.2, 0) is 10.2 Å². The fraction of sp³-hybridized carbons (Fsp3) is 0.731. The summed E-state index contributed by atoms with van der Waals surface area (Å²) in [5.74, 6) is 1.33. The van der Waals surface area contributed by atoms with E-state index in [2.05, 4.69) is 68.7 Å². The molecule has 2 bridgehead atoms. The molecule has 1 amide bonds. The van der Waals surface area contributed by atoms with Crippen LogP contribution in [0.2, 0.25) is 0 Å². The van der Waals surface area contributed by atoms with E-state index < -0.39 is 11.6 Å². The van der Waals surface area contributed by atoms with Crippen molar-refractivity contribution in [2.45, 2.75) is 90.3 Å². The zero-order valence-corrected chi connectivity index (χ0v) is 19.3. The monoisotopic (exact) mass is 416 g/mol. The molecule has 2 saturated carbocycles. The van der Waals surface area contributed by atoms with E-state index in [1.165, 1.54) is 24.8 Å². The van der Waals surface area contributed by atoms with Gasteiger partial charge in [0.25, 0.3) is 0 Å². The van der Waals surface area contributed by atoms with Crippen LogP contribution in [0.15, 0.2) is 30.3 Å². The number of hydrogen-bond donors (Lipinski definition) is 2. The van der Waals surface area contributed by atoms with Gasteiger partial charge in [-0.05, 0) is 67.9 Å². The van der Waals surface area contributed by atoms with Gasteiger partial charge < -0.3 is 10.6 Å². The Morgan fingerprint density at radius 3 is 2.57 bits per heavy atom. The Morgan fingerprint density at radius 2 is 1.90 bits per heavy atom. The van der Waals surface area contributed by atoms with Crippen molar-refractivity contribution in [2.75, 3.05) is 13.1 Å². The summed E-state index contributed by atoms with van der Waals surface area (Å²) in [6.45, 7) is 9.84. The number of halogens is 1. The van der Waals surface area contributed by atoms with Gasteiger partial charge in [-0.15, -0.1) is 0 Å². The summed E-state index contributed by atoms with van der Waals surface area (Å²) in [6, 6.07) is 10.4. The van der Waals surface area contributed by atoms with Gasteiger partial charge in [0.15, 0.2) is 0 Å². The molecule has 3 nitrogen and oxygen atoms in total. The van der Waals surface area contributed by atoms with Gasteiger partial charge in [-0.3, -0.25) is 4.79 Å². The number of fused-ring (bicyclic) bond motifs is 2. The second-order valence-electron chi connectivity index (χ2n) is 10.5. The summed E-state index contributed by atoms with van der Waals surface area (Å²) < 4.78 is 14.2. The third-order valence-electron chi connectivity index (χ3n) is 7.28. The number of nitrogens with one attached hydrogen (secondary N) is 2. The lowest BCUT2D eigenvalue weighted by Crippen LogP contribution is -2.57. The maximum atomic E-state index is 14.2. The highest BCUT2D eigenvalue weighted by atomic mass is 19.1. The van der Waals surface area contributed by atoms with E-state index in [4.69, 9.17) is 0 Å². The van der Waals surface area contributed by atoms with Crippen LogP contribution in [0.5, 0.6) is 0 Å². The minimum atomic E-state index is -0.988. The molecule has 168 valence electrons. The SMILES string of the molecule is CC1CC2CC(C)(C(=O)NC3CCNCC3F)CC(c3ccccc3)(C1)C2.CCC. The summed E-state index contributed by atoms with van der Waals surface area (Å²) in [4.78, 5) is 13.3. The lowest BCUT2D eigenvalue weighted by molar-refractivity contribution is -0.138. The Morgan fingerprint density at radius 1 is 1.20 bits per heavy atom. The van der Waals surface area contributed by atoms with Crippen LogP contribution in [0.4, 0.5) is 4.39 Å². The molecule has 1 heterocycles. The first-order chi connectivity index (χ1) is 14.3.